The van der Waals surface area contributed by atoms with E-state index >= 15 is 0 Å². The SMILES string of the molecule is I.I.c1ccc(P(c2ccccc2)c2ccccc2)cc1. The van der Waals surface area contributed by atoms with Crippen LogP contribution >= 0.6 is 55.9 Å². The highest BCUT2D eigenvalue weighted by Gasteiger charge is 2.14. The maximum absolute atomic E-state index is 2.23. The molecule has 0 aliphatic carbocycles. The first-order valence-corrected chi connectivity index (χ1v) is 7.74. The normalized spacial score (nSPS) is 9.57. The highest BCUT2D eigenvalue weighted by molar-refractivity contribution is 14.0. The molecule has 3 aromatic carbocycles. The molecule has 0 heterocycles. The topological polar surface area (TPSA) is 0 Å². The molecule has 3 rings (SSSR count). The highest BCUT2D eigenvalue weighted by atomic mass is 127. The van der Waals surface area contributed by atoms with Gasteiger partial charge in [-0.25, -0.2) is 0 Å². The molecule has 0 radical (unpaired) electrons. The van der Waals surface area contributed by atoms with E-state index in [9.17, 15) is 0 Å². The molecule has 0 aliphatic rings. The molecule has 0 aliphatic heterocycles. The van der Waals surface area contributed by atoms with Crippen molar-refractivity contribution in [1.29, 1.82) is 0 Å². The maximum Gasteiger partial charge on any atom is -0.0134 e. The third kappa shape index (κ3) is 4.76. The predicted octanol–water partition coefficient (Wildman–Crippen LogP) is 4.68. The lowest BCUT2D eigenvalue weighted by Gasteiger charge is -2.18. The van der Waals surface area contributed by atoms with Crippen molar-refractivity contribution in [1.82, 2.24) is 0 Å². The van der Waals surface area contributed by atoms with Gasteiger partial charge in [0, 0.05) is 0 Å². The Labute approximate surface area is 161 Å². The van der Waals surface area contributed by atoms with Gasteiger partial charge in [0.2, 0.25) is 0 Å². The minimum Gasteiger partial charge on any atom is -0.107 e. The summed E-state index contributed by atoms with van der Waals surface area (Å²) >= 11 is 0. The molecule has 0 bridgehead atoms. The van der Waals surface area contributed by atoms with Gasteiger partial charge in [-0.2, -0.15) is 0 Å². The molecule has 0 nitrogen and oxygen atoms in total. The van der Waals surface area contributed by atoms with Crippen LogP contribution in [0.4, 0.5) is 0 Å². The van der Waals surface area contributed by atoms with Crippen LogP contribution in [0.3, 0.4) is 0 Å². The fourth-order valence-corrected chi connectivity index (χ4v) is 4.48. The van der Waals surface area contributed by atoms with Gasteiger partial charge in [-0.1, -0.05) is 91.0 Å². The van der Waals surface area contributed by atoms with Gasteiger partial charge in [0.05, 0.1) is 0 Å². The van der Waals surface area contributed by atoms with Crippen LogP contribution in [0.5, 0.6) is 0 Å². The van der Waals surface area contributed by atoms with Crippen LogP contribution in [-0.2, 0) is 0 Å². The molecule has 0 saturated heterocycles. The fraction of sp³-hybridized carbons (Fsp3) is 0. The van der Waals surface area contributed by atoms with Gasteiger partial charge in [-0.15, -0.1) is 48.0 Å². The first-order chi connectivity index (χ1) is 9.45. The zero-order valence-corrected chi connectivity index (χ0v) is 17.0. The van der Waals surface area contributed by atoms with E-state index < -0.39 is 7.92 Å². The van der Waals surface area contributed by atoms with Crippen molar-refractivity contribution in [2.45, 2.75) is 0 Å². The lowest BCUT2D eigenvalue weighted by Crippen LogP contribution is -2.20. The Morgan fingerprint density at radius 2 is 0.619 bits per heavy atom. The Kier molecular flexibility index (Phi) is 8.45. The molecule has 0 amide bonds. The van der Waals surface area contributed by atoms with Crippen LogP contribution in [0.25, 0.3) is 0 Å². The Hall–Kier alpha value is -0.450. The molecule has 3 aromatic rings. The molecule has 0 unspecified atom stereocenters. The summed E-state index contributed by atoms with van der Waals surface area (Å²) < 4.78 is 0. The molecule has 0 aromatic heterocycles. The zero-order chi connectivity index (χ0) is 12.9. The van der Waals surface area contributed by atoms with Crippen molar-refractivity contribution in [2.75, 3.05) is 0 Å². The second kappa shape index (κ2) is 9.54. The summed E-state index contributed by atoms with van der Waals surface area (Å²) in [5.41, 5.74) is 0. The summed E-state index contributed by atoms with van der Waals surface area (Å²) in [5, 5.41) is 4.19. The third-order valence-corrected chi connectivity index (χ3v) is 5.49. The first kappa shape index (κ1) is 18.6. The summed E-state index contributed by atoms with van der Waals surface area (Å²) in [6.45, 7) is 0. The standard InChI is InChI=1S/C18H15P.2HI/c1-4-10-16(11-5-1)19(17-12-6-2-7-13-17)18-14-8-3-9-15-18;;/h1-15H;2*1H. The number of halogens is 2. The molecule has 0 saturated carbocycles. The minimum absolute atomic E-state index is 0. The summed E-state index contributed by atoms with van der Waals surface area (Å²) in [7, 11) is -0.446. The molecular weight excluding hydrogens is 501 g/mol. The van der Waals surface area contributed by atoms with E-state index in [1.807, 2.05) is 0 Å². The number of benzene rings is 3. The third-order valence-electron chi connectivity index (χ3n) is 3.04. The molecular formula is C18H17I2P. The molecule has 0 N–H and O–H groups in total. The second-order valence-corrected chi connectivity index (χ2v) is 6.56. The van der Waals surface area contributed by atoms with Crippen LogP contribution in [-0.4, -0.2) is 0 Å². The number of rotatable bonds is 3. The quantitative estimate of drug-likeness (QED) is 0.349. The van der Waals surface area contributed by atoms with E-state index in [0.717, 1.165) is 0 Å². The van der Waals surface area contributed by atoms with E-state index in [2.05, 4.69) is 91.0 Å². The lowest BCUT2D eigenvalue weighted by atomic mass is 10.4. The second-order valence-electron chi connectivity index (χ2n) is 4.34. The molecule has 3 heteroatoms. The average Bonchev–Trinajstić information content (AvgIpc) is 2.51. The average molecular weight is 518 g/mol. The van der Waals surface area contributed by atoms with E-state index in [0.29, 0.717) is 0 Å². The molecule has 0 atom stereocenters. The van der Waals surface area contributed by atoms with Crippen molar-refractivity contribution in [2.24, 2.45) is 0 Å². The van der Waals surface area contributed by atoms with Crippen molar-refractivity contribution < 1.29 is 0 Å². The Bertz CT molecular complexity index is 533. The first-order valence-electron chi connectivity index (χ1n) is 6.40. The van der Waals surface area contributed by atoms with Crippen LogP contribution in [0, 0.1) is 0 Å². The van der Waals surface area contributed by atoms with Crippen LogP contribution in [0.2, 0.25) is 0 Å². The monoisotopic (exact) mass is 518 g/mol. The summed E-state index contributed by atoms with van der Waals surface area (Å²) in [6.07, 6.45) is 0. The Balaban J connectivity index is 0.00000110. The summed E-state index contributed by atoms with van der Waals surface area (Å²) in [6, 6.07) is 32.3. The summed E-state index contributed by atoms with van der Waals surface area (Å²) in [5.74, 6) is 0. The van der Waals surface area contributed by atoms with Crippen molar-refractivity contribution in [3.8, 4) is 0 Å². The van der Waals surface area contributed by atoms with E-state index in [1.54, 1.807) is 0 Å². The summed E-state index contributed by atoms with van der Waals surface area (Å²) in [4.78, 5) is 0. The van der Waals surface area contributed by atoms with Crippen molar-refractivity contribution >= 4 is 71.8 Å². The van der Waals surface area contributed by atoms with Crippen LogP contribution in [0.1, 0.15) is 0 Å². The minimum atomic E-state index is -0.446. The van der Waals surface area contributed by atoms with Gasteiger partial charge in [0.15, 0.2) is 0 Å². The number of hydrogen-bond donors (Lipinski definition) is 0. The molecule has 0 spiro atoms. The van der Waals surface area contributed by atoms with Crippen LogP contribution in [0.15, 0.2) is 91.0 Å². The van der Waals surface area contributed by atoms with Crippen molar-refractivity contribution in [3.63, 3.8) is 0 Å². The lowest BCUT2D eigenvalue weighted by molar-refractivity contribution is 1.74. The van der Waals surface area contributed by atoms with E-state index in [4.69, 9.17) is 0 Å². The van der Waals surface area contributed by atoms with Gasteiger partial charge in [-0.05, 0) is 23.8 Å². The van der Waals surface area contributed by atoms with E-state index in [1.165, 1.54) is 15.9 Å². The van der Waals surface area contributed by atoms with Gasteiger partial charge in [-0.3, -0.25) is 0 Å². The largest absolute Gasteiger partial charge is 0.107 e. The van der Waals surface area contributed by atoms with Crippen LogP contribution < -0.4 is 15.9 Å². The fourth-order valence-electron chi connectivity index (χ4n) is 2.18. The van der Waals surface area contributed by atoms with Crippen molar-refractivity contribution in [3.05, 3.63) is 91.0 Å². The van der Waals surface area contributed by atoms with Gasteiger partial charge in [0.1, 0.15) is 0 Å². The smallest absolute Gasteiger partial charge is 0.0134 e. The highest BCUT2D eigenvalue weighted by Crippen LogP contribution is 2.32. The molecule has 21 heavy (non-hydrogen) atoms. The predicted molar refractivity (Wildman–Crippen MR) is 116 cm³/mol. The number of hydrogen-bond acceptors (Lipinski definition) is 0. The van der Waals surface area contributed by atoms with Gasteiger partial charge < -0.3 is 0 Å². The molecule has 0 fully saturated rings. The maximum atomic E-state index is 2.23. The van der Waals surface area contributed by atoms with E-state index in [-0.39, 0.29) is 48.0 Å². The molecule has 108 valence electrons. The Morgan fingerprint density at radius 3 is 0.857 bits per heavy atom. The van der Waals surface area contributed by atoms with Gasteiger partial charge >= 0.3 is 0 Å². The van der Waals surface area contributed by atoms with Gasteiger partial charge in [0.25, 0.3) is 0 Å². The zero-order valence-electron chi connectivity index (χ0n) is 11.4. The Morgan fingerprint density at radius 1 is 0.381 bits per heavy atom.